The molecule has 1 amide bonds. The van der Waals surface area contributed by atoms with Crippen molar-refractivity contribution >= 4 is 6.03 Å². The van der Waals surface area contributed by atoms with Gasteiger partial charge in [-0.1, -0.05) is 12.1 Å². The molecule has 0 fully saturated rings. The zero-order valence-electron chi connectivity index (χ0n) is 13.5. The summed E-state index contributed by atoms with van der Waals surface area (Å²) in [6, 6.07) is 10.9. The number of nitrogens with two attached hydrogens (primary N) is 1. The number of ether oxygens (including phenoxy) is 1. The number of primary amides is 1. The number of aromatic nitrogens is 2. The van der Waals surface area contributed by atoms with E-state index in [1.54, 1.807) is 12.3 Å². The third-order valence-corrected chi connectivity index (χ3v) is 2.81. The van der Waals surface area contributed by atoms with E-state index >= 15 is 0 Å². The van der Waals surface area contributed by atoms with Crippen LogP contribution in [0.25, 0.3) is 0 Å². The molecular formula is C16H23Cl2N3O3. The molecule has 0 spiro atoms. The first-order valence-electron chi connectivity index (χ1n) is 7.05. The Morgan fingerprint density at radius 1 is 1.08 bits per heavy atom. The number of rotatable bonds is 5. The van der Waals surface area contributed by atoms with Gasteiger partial charge in [-0.2, -0.15) is 9.36 Å². The minimum absolute atomic E-state index is 0. The molecule has 0 atom stereocenters. The van der Waals surface area contributed by atoms with E-state index in [4.69, 9.17) is 15.6 Å². The zero-order valence-corrected chi connectivity index (χ0v) is 15.0. The molecule has 6 nitrogen and oxygen atoms in total. The van der Waals surface area contributed by atoms with E-state index in [1.165, 1.54) is 4.57 Å². The van der Waals surface area contributed by atoms with Crippen molar-refractivity contribution < 1.29 is 48.6 Å². The predicted molar refractivity (Wildman–Crippen MR) is 80.9 cm³/mol. The summed E-state index contributed by atoms with van der Waals surface area (Å²) in [6.45, 7) is 3.83. The molecule has 2 aromatic heterocycles. The first kappa shape index (κ1) is 24.5. The van der Waals surface area contributed by atoms with Crippen molar-refractivity contribution in [3.63, 3.8) is 0 Å². The number of aliphatic hydroxyl groups excluding tert-OH is 1. The first-order valence-corrected chi connectivity index (χ1v) is 7.05. The van der Waals surface area contributed by atoms with Crippen molar-refractivity contribution in [3.05, 3.63) is 60.7 Å². The zero-order chi connectivity index (χ0) is 16.2. The number of hydrogen-bond acceptors (Lipinski definition) is 3. The van der Waals surface area contributed by atoms with Crippen LogP contribution in [0.5, 0.6) is 0 Å². The van der Waals surface area contributed by atoms with Crippen LogP contribution in [0.3, 0.4) is 0 Å². The fraction of sp³-hybridized carbons (Fsp3) is 0.312. The summed E-state index contributed by atoms with van der Waals surface area (Å²) in [7, 11) is 0. The number of carbonyl (C=O) groups is 1. The SMILES string of the molecule is Cc1cccc[n+]1C(N)=O.OCCOCC[n+]1ccccc1.[Cl-].[Cl-]. The standard InChI is InChI=1S/C9H14NO2.C7H8N2O.2ClH/c11-7-9-12-8-6-10-4-2-1-3-5-10;1-6-4-2-3-5-9(6)7(8)10;;/h1-5,11H,6-9H2;2-5H,1H3,(H-,8,10);2*1H/q+1;;;/p-1. The Kier molecular flexibility index (Phi) is 15.2. The van der Waals surface area contributed by atoms with E-state index in [9.17, 15) is 4.79 Å². The van der Waals surface area contributed by atoms with Crippen LogP contribution in [0.1, 0.15) is 5.69 Å². The van der Waals surface area contributed by atoms with E-state index in [0.717, 1.165) is 12.2 Å². The van der Waals surface area contributed by atoms with Crippen LogP contribution in [0, 0.1) is 6.92 Å². The van der Waals surface area contributed by atoms with Gasteiger partial charge in [-0.05, 0) is 19.1 Å². The number of nitrogens with zero attached hydrogens (tertiary/aromatic N) is 2. The van der Waals surface area contributed by atoms with Gasteiger partial charge in [0.1, 0.15) is 12.3 Å². The Morgan fingerprint density at radius 3 is 2.21 bits per heavy atom. The maximum atomic E-state index is 10.6. The van der Waals surface area contributed by atoms with Gasteiger partial charge in [0.15, 0.2) is 18.9 Å². The van der Waals surface area contributed by atoms with Crippen LogP contribution in [-0.2, 0) is 11.3 Å². The third-order valence-electron chi connectivity index (χ3n) is 2.81. The molecular weight excluding hydrogens is 353 g/mol. The molecule has 0 bridgehead atoms. The summed E-state index contributed by atoms with van der Waals surface area (Å²) in [4.78, 5) is 10.6. The smallest absolute Gasteiger partial charge is 0.493 e. The normalized spacial score (nSPS) is 8.92. The van der Waals surface area contributed by atoms with Gasteiger partial charge in [-0.25, -0.2) is 4.57 Å². The molecule has 0 unspecified atom stereocenters. The maximum absolute atomic E-state index is 10.6. The summed E-state index contributed by atoms with van der Waals surface area (Å²) in [6.07, 6.45) is 5.61. The van der Waals surface area contributed by atoms with Gasteiger partial charge in [0.2, 0.25) is 0 Å². The number of pyridine rings is 2. The van der Waals surface area contributed by atoms with Gasteiger partial charge < -0.3 is 34.7 Å². The Labute approximate surface area is 154 Å². The van der Waals surface area contributed by atoms with E-state index in [2.05, 4.69) is 0 Å². The highest BCUT2D eigenvalue weighted by molar-refractivity contribution is 5.61. The Morgan fingerprint density at radius 2 is 1.71 bits per heavy atom. The summed E-state index contributed by atoms with van der Waals surface area (Å²) in [5, 5.41) is 8.43. The second-order valence-electron chi connectivity index (χ2n) is 4.50. The molecule has 0 aliphatic carbocycles. The lowest BCUT2D eigenvalue weighted by atomic mass is 10.4. The average molecular weight is 376 g/mol. The Bertz CT molecular complexity index is 572. The van der Waals surface area contributed by atoms with E-state index in [1.807, 2.05) is 54.2 Å². The lowest BCUT2D eigenvalue weighted by Gasteiger charge is -1.97. The molecule has 8 heteroatoms. The van der Waals surface area contributed by atoms with Crippen molar-refractivity contribution in [1.82, 2.24) is 0 Å². The van der Waals surface area contributed by atoms with Crippen LogP contribution in [-0.4, -0.2) is 31.0 Å². The second-order valence-corrected chi connectivity index (χ2v) is 4.50. The molecule has 0 radical (unpaired) electrons. The number of carbonyl (C=O) groups excluding carboxylic acids is 1. The number of halogens is 2. The minimum Gasteiger partial charge on any atom is -1.00 e. The lowest BCUT2D eigenvalue weighted by molar-refractivity contribution is -0.698. The lowest BCUT2D eigenvalue weighted by Crippen LogP contribution is -3.00. The molecule has 0 saturated heterocycles. The van der Waals surface area contributed by atoms with Gasteiger partial charge in [-0.3, -0.25) is 5.73 Å². The number of hydrogen-bond donors (Lipinski definition) is 2. The van der Waals surface area contributed by atoms with Crippen LogP contribution < -0.4 is 39.7 Å². The number of aliphatic hydroxyl groups is 1. The molecule has 24 heavy (non-hydrogen) atoms. The van der Waals surface area contributed by atoms with Crippen LogP contribution >= 0.6 is 0 Å². The van der Waals surface area contributed by atoms with Crippen molar-refractivity contribution in [3.8, 4) is 0 Å². The van der Waals surface area contributed by atoms with Gasteiger partial charge in [-0.15, -0.1) is 0 Å². The second kappa shape index (κ2) is 14.8. The van der Waals surface area contributed by atoms with Crippen molar-refractivity contribution in [2.45, 2.75) is 13.5 Å². The monoisotopic (exact) mass is 375 g/mol. The summed E-state index contributed by atoms with van der Waals surface area (Å²) < 4.78 is 8.54. The minimum atomic E-state index is -0.446. The van der Waals surface area contributed by atoms with Gasteiger partial charge in [0.25, 0.3) is 0 Å². The van der Waals surface area contributed by atoms with Gasteiger partial charge in [0.05, 0.1) is 19.4 Å². The maximum Gasteiger partial charge on any atom is 0.493 e. The van der Waals surface area contributed by atoms with Gasteiger partial charge >= 0.3 is 6.03 Å². The van der Waals surface area contributed by atoms with E-state index in [-0.39, 0.29) is 31.4 Å². The molecule has 2 aromatic rings. The quantitative estimate of drug-likeness (QED) is 0.403. The third kappa shape index (κ3) is 10.1. The summed E-state index contributed by atoms with van der Waals surface area (Å²) >= 11 is 0. The van der Waals surface area contributed by atoms with Crippen molar-refractivity contribution in [2.24, 2.45) is 5.73 Å². The topological polar surface area (TPSA) is 80.3 Å². The highest BCUT2D eigenvalue weighted by Crippen LogP contribution is 1.85. The highest BCUT2D eigenvalue weighted by atomic mass is 35.5. The molecule has 0 aliphatic heterocycles. The molecule has 2 heterocycles. The fourth-order valence-corrected chi connectivity index (χ4v) is 1.70. The average Bonchev–Trinajstić information content (AvgIpc) is 2.53. The molecule has 2 rings (SSSR count). The Hall–Kier alpha value is -1.73. The first-order chi connectivity index (χ1) is 10.6. The summed E-state index contributed by atoms with van der Waals surface area (Å²) in [5.41, 5.74) is 5.88. The molecule has 3 N–H and O–H groups in total. The largest absolute Gasteiger partial charge is 1.00 e. The molecule has 0 aromatic carbocycles. The molecule has 0 aliphatic rings. The highest BCUT2D eigenvalue weighted by Gasteiger charge is 2.06. The predicted octanol–water partition coefficient (Wildman–Crippen LogP) is -5.80. The number of amides is 1. The van der Waals surface area contributed by atoms with Crippen LogP contribution in [0.4, 0.5) is 4.79 Å². The summed E-state index contributed by atoms with van der Waals surface area (Å²) in [5.74, 6) is 0. The van der Waals surface area contributed by atoms with E-state index < -0.39 is 6.03 Å². The van der Waals surface area contributed by atoms with Crippen LogP contribution in [0.2, 0.25) is 0 Å². The Balaban J connectivity index is 0. The van der Waals surface area contributed by atoms with Gasteiger partial charge in [0, 0.05) is 12.1 Å². The van der Waals surface area contributed by atoms with E-state index in [0.29, 0.717) is 13.2 Å². The number of aryl methyl sites for hydroxylation is 1. The fourth-order valence-electron chi connectivity index (χ4n) is 1.70. The molecule has 134 valence electrons. The van der Waals surface area contributed by atoms with Crippen molar-refractivity contribution in [2.75, 3.05) is 19.8 Å². The van der Waals surface area contributed by atoms with Crippen molar-refractivity contribution in [1.29, 1.82) is 0 Å². The van der Waals surface area contributed by atoms with Crippen LogP contribution in [0.15, 0.2) is 55.0 Å². The molecule has 0 saturated carbocycles.